The van der Waals surface area contributed by atoms with Crippen molar-refractivity contribution in [3.63, 3.8) is 0 Å². The van der Waals surface area contributed by atoms with Gasteiger partial charge in [-0.25, -0.2) is 0 Å². The van der Waals surface area contributed by atoms with Crippen LogP contribution in [0, 0.1) is 19.3 Å². The molecule has 0 aromatic heterocycles. The van der Waals surface area contributed by atoms with Crippen molar-refractivity contribution in [3.8, 4) is 34.6 Å². The third-order valence-corrected chi connectivity index (χ3v) is 7.66. The van der Waals surface area contributed by atoms with Crippen LogP contribution in [0.5, 0.6) is 0 Å². The molecule has 0 atom stereocenters. The number of benzene rings is 4. The fourth-order valence-electron chi connectivity index (χ4n) is 5.34. The van der Waals surface area contributed by atoms with E-state index in [1.807, 2.05) is 39.0 Å². The van der Waals surface area contributed by atoms with Gasteiger partial charge >= 0.3 is 0 Å². The topological polar surface area (TPSA) is 26.0 Å². The molecule has 0 heterocycles. The van der Waals surface area contributed by atoms with E-state index in [1.54, 1.807) is 12.2 Å². The van der Waals surface area contributed by atoms with Crippen LogP contribution < -0.4 is 5.73 Å². The average Bonchev–Trinajstić information content (AvgIpc) is 3.16. The molecule has 0 saturated carbocycles. The molecule has 0 aliphatic rings. The Morgan fingerprint density at radius 3 is 2.10 bits per heavy atom. The van der Waals surface area contributed by atoms with Crippen molar-refractivity contribution in [1.82, 2.24) is 0 Å². The lowest BCUT2D eigenvalue weighted by molar-refractivity contribution is 1.03. The van der Waals surface area contributed by atoms with E-state index in [-0.39, 0.29) is 0 Å². The highest BCUT2D eigenvalue weighted by Gasteiger charge is 2.10. The third-order valence-electron chi connectivity index (χ3n) is 7.66. The van der Waals surface area contributed by atoms with Crippen LogP contribution in [0.15, 0.2) is 166 Å². The highest BCUT2D eigenvalue weighted by atomic mass is 14.4. The second-order valence-electron chi connectivity index (χ2n) is 11.9. The molecule has 52 heavy (non-hydrogen) atoms. The summed E-state index contributed by atoms with van der Waals surface area (Å²) >= 11 is 0. The molecule has 0 saturated heterocycles. The minimum atomic E-state index is 0.734. The zero-order chi connectivity index (χ0) is 38.7. The zero-order valence-corrected chi connectivity index (χ0v) is 32.5. The molecule has 268 valence electrons. The molecule has 0 bridgehead atoms. The van der Waals surface area contributed by atoms with Crippen LogP contribution in [0.25, 0.3) is 39.5 Å². The van der Waals surface area contributed by atoms with Crippen molar-refractivity contribution in [2.75, 3.05) is 7.05 Å². The summed E-state index contributed by atoms with van der Waals surface area (Å²) in [5, 5.41) is 0. The monoisotopic (exact) mass is 685 g/mol. The number of rotatable bonds is 12. The highest BCUT2D eigenvalue weighted by molar-refractivity contribution is 5.85. The van der Waals surface area contributed by atoms with E-state index in [0.29, 0.717) is 0 Å². The number of aryl methyl sites for hydroxylation is 2. The first-order valence-electron chi connectivity index (χ1n) is 17.8. The number of terminal acetylenes is 1. The molecule has 0 fully saturated rings. The molecular weight excluding hydrogens is 627 g/mol. The lowest BCUT2D eigenvalue weighted by Crippen LogP contribution is -1.92. The maximum absolute atomic E-state index is 5.56. The van der Waals surface area contributed by atoms with Gasteiger partial charge in [0.2, 0.25) is 0 Å². The molecule has 4 aromatic rings. The van der Waals surface area contributed by atoms with E-state index in [1.165, 1.54) is 51.6 Å². The number of allylic oxidation sites excluding steroid dienone is 11. The summed E-state index contributed by atoms with van der Waals surface area (Å²) in [7, 11) is 1.50. The van der Waals surface area contributed by atoms with Gasteiger partial charge in [0.15, 0.2) is 0 Å². The predicted octanol–water partition coefficient (Wildman–Crippen LogP) is 13.8. The first-order valence-corrected chi connectivity index (χ1v) is 17.8. The van der Waals surface area contributed by atoms with E-state index in [9.17, 15) is 0 Å². The van der Waals surface area contributed by atoms with E-state index >= 15 is 0 Å². The first kappa shape index (κ1) is 44.3. The van der Waals surface area contributed by atoms with Crippen LogP contribution in [0.2, 0.25) is 0 Å². The van der Waals surface area contributed by atoms with E-state index in [2.05, 4.69) is 167 Å². The number of hydrogen-bond acceptors (Lipinski definition) is 1. The van der Waals surface area contributed by atoms with Crippen LogP contribution >= 0.6 is 0 Å². The predicted molar refractivity (Wildman–Crippen MR) is 237 cm³/mol. The molecule has 0 aliphatic carbocycles. The van der Waals surface area contributed by atoms with Gasteiger partial charge in [0, 0.05) is 6.42 Å². The second-order valence-corrected chi connectivity index (χ2v) is 11.9. The van der Waals surface area contributed by atoms with Gasteiger partial charge in [-0.2, -0.15) is 0 Å². The lowest BCUT2D eigenvalue weighted by atomic mass is 9.90. The molecule has 0 unspecified atom stereocenters. The maximum Gasteiger partial charge on any atom is 0.0127 e. The molecule has 0 aliphatic heterocycles. The molecule has 0 radical (unpaired) electrons. The van der Waals surface area contributed by atoms with Crippen molar-refractivity contribution in [2.45, 2.75) is 53.9 Å². The molecule has 0 spiro atoms. The molecule has 1 heteroatoms. The fourth-order valence-corrected chi connectivity index (χ4v) is 5.34. The van der Waals surface area contributed by atoms with E-state index in [0.717, 1.165) is 41.5 Å². The SMILES string of the molecule is C#CCCc1cc(/C=C/C=C\C)cc(-c2cccc(C/C=C\C=C(/C=C)c3ccc(-c4ccccc4C)c(C(=C)C)c3)c2)c1.C=CC.C=CC.CN. The summed E-state index contributed by atoms with van der Waals surface area (Å²) < 4.78 is 0. The molecule has 2 N–H and O–H groups in total. The summed E-state index contributed by atoms with van der Waals surface area (Å²) in [6.07, 6.45) is 28.2. The minimum absolute atomic E-state index is 0.734. The van der Waals surface area contributed by atoms with Gasteiger partial charge in [0.25, 0.3) is 0 Å². The minimum Gasteiger partial charge on any atom is -0.333 e. The number of hydrogen-bond donors (Lipinski definition) is 1. The third kappa shape index (κ3) is 15.1. The van der Waals surface area contributed by atoms with Gasteiger partial charge in [-0.1, -0.05) is 152 Å². The van der Waals surface area contributed by atoms with Gasteiger partial charge in [-0.3, -0.25) is 0 Å². The molecule has 4 rings (SSSR count). The van der Waals surface area contributed by atoms with Crippen LogP contribution in [-0.2, 0) is 12.8 Å². The average molecular weight is 686 g/mol. The van der Waals surface area contributed by atoms with Gasteiger partial charge in [0.05, 0.1) is 0 Å². The summed E-state index contributed by atoms with van der Waals surface area (Å²) in [4.78, 5) is 0. The highest BCUT2D eigenvalue weighted by Crippen LogP contribution is 2.33. The van der Waals surface area contributed by atoms with Gasteiger partial charge in [-0.05, 0) is 128 Å². The van der Waals surface area contributed by atoms with Crippen LogP contribution in [-0.4, -0.2) is 7.05 Å². The Morgan fingerprint density at radius 1 is 0.769 bits per heavy atom. The van der Waals surface area contributed by atoms with Crippen molar-refractivity contribution >= 4 is 17.2 Å². The van der Waals surface area contributed by atoms with Crippen molar-refractivity contribution < 1.29 is 0 Å². The van der Waals surface area contributed by atoms with Crippen LogP contribution in [0.4, 0.5) is 0 Å². The summed E-state index contributed by atoms with van der Waals surface area (Å²) in [6.45, 7) is 25.1. The maximum atomic E-state index is 5.56. The largest absolute Gasteiger partial charge is 0.333 e. The number of nitrogens with two attached hydrogens (primary N) is 1. The lowest BCUT2D eigenvalue weighted by Gasteiger charge is -2.14. The quantitative estimate of drug-likeness (QED) is 0.0896. The van der Waals surface area contributed by atoms with Gasteiger partial charge in [-0.15, -0.1) is 25.5 Å². The molecular formula is C51H59N. The van der Waals surface area contributed by atoms with Crippen molar-refractivity contribution in [2.24, 2.45) is 5.73 Å². The first-order chi connectivity index (χ1) is 25.3. The Morgan fingerprint density at radius 2 is 1.46 bits per heavy atom. The van der Waals surface area contributed by atoms with E-state index in [4.69, 9.17) is 6.42 Å². The normalized spacial score (nSPS) is 10.6. The fraction of sp³-hybridized carbons (Fsp3) is 0.176. The Kier molecular flexibility index (Phi) is 22.3. The van der Waals surface area contributed by atoms with Gasteiger partial charge < -0.3 is 5.73 Å². The van der Waals surface area contributed by atoms with Crippen LogP contribution in [0.3, 0.4) is 0 Å². The molecule has 1 nitrogen and oxygen atoms in total. The van der Waals surface area contributed by atoms with Crippen molar-refractivity contribution in [3.05, 3.63) is 199 Å². The standard InChI is InChI=1S/C44H42.2C3H6.CH5N/c1-7-10-12-21-37-28-36(19-11-8-2)30-41(31-37)39-24-17-22-35(29-39)20-14-15-23-38(9-3)40-26-27-43(44(32-40)33(4)5)42-25-16-13-18-34(42)6;2*1-3-2;1-2/h2,7,9-10,12-18,21-32H,3-4,11,19-20H2,1,5-6H3;2*3H,1H2,2H3;2H2,1H3/b10-7-,15-14-,21-12+,38-23+;;;. The molecule has 0 amide bonds. The Bertz CT molecular complexity index is 1890. The van der Waals surface area contributed by atoms with Crippen molar-refractivity contribution in [1.29, 1.82) is 0 Å². The second kappa shape index (κ2) is 26.2. The smallest absolute Gasteiger partial charge is 0.0127 e. The van der Waals surface area contributed by atoms with Gasteiger partial charge in [0.1, 0.15) is 0 Å². The van der Waals surface area contributed by atoms with Crippen LogP contribution in [0.1, 0.15) is 67.5 Å². The zero-order valence-electron chi connectivity index (χ0n) is 32.5. The Labute approximate surface area is 316 Å². The summed E-state index contributed by atoms with van der Waals surface area (Å²) in [5.74, 6) is 2.77. The summed E-state index contributed by atoms with van der Waals surface area (Å²) in [6, 6.07) is 30.6. The summed E-state index contributed by atoms with van der Waals surface area (Å²) in [5.41, 5.74) is 18.8. The Balaban J connectivity index is 0.00000155. The Hall–Kier alpha value is -5.68. The molecule has 4 aromatic carbocycles. The van der Waals surface area contributed by atoms with E-state index < -0.39 is 0 Å².